The molecule has 1 aliphatic heterocycles. The van der Waals surface area contributed by atoms with Crippen molar-refractivity contribution in [1.82, 2.24) is 5.32 Å². The Labute approximate surface area is 145 Å². The van der Waals surface area contributed by atoms with Gasteiger partial charge in [0.05, 0.1) is 11.1 Å². The highest BCUT2D eigenvalue weighted by molar-refractivity contribution is 5.94. The number of piperidine rings is 1. The third kappa shape index (κ3) is 5.38. The second kappa shape index (κ2) is 6.98. The van der Waals surface area contributed by atoms with Crippen LogP contribution in [0.3, 0.4) is 0 Å². The molecule has 0 unspecified atom stereocenters. The first-order valence-electron chi connectivity index (χ1n) is 8.62. The second-order valence-electron chi connectivity index (χ2n) is 8.47. The Kier molecular flexibility index (Phi) is 5.38. The molecule has 0 bridgehead atoms. The first-order chi connectivity index (χ1) is 11.1. The van der Waals surface area contributed by atoms with E-state index in [4.69, 9.17) is 4.74 Å². The summed E-state index contributed by atoms with van der Waals surface area (Å²) < 4.78 is 5.57. The maximum absolute atomic E-state index is 12.5. The maximum atomic E-state index is 12.5. The third-order valence-corrected chi connectivity index (χ3v) is 4.26. The van der Waals surface area contributed by atoms with E-state index in [0.29, 0.717) is 12.2 Å². The van der Waals surface area contributed by atoms with Gasteiger partial charge in [0, 0.05) is 24.4 Å². The molecule has 1 amide bonds. The van der Waals surface area contributed by atoms with E-state index in [0.717, 1.165) is 24.2 Å². The van der Waals surface area contributed by atoms with Crippen LogP contribution in [0.1, 0.15) is 57.8 Å². The van der Waals surface area contributed by atoms with Gasteiger partial charge in [0.15, 0.2) is 0 Å². The molecule has 0 aliphatic carbocycles. The second-order valence-corrected chi connectivity index (χ2v) is 8.47. The number of nitrogens with two attached hydrogens (primary N) is 1. The van der Waals surface area contributed by atoms with Crippen molar-refractivity contribution in [2.45, 2.75) is 64.6 Å². The number of hydrogen-bond acceptors (Lipinski definition) is 2. The Hall–Kier alpha value is -1.81. The van der Waals surface area contributed by atoms with Crippen LogP contribution >= 0.6 is 0 Å². The van der Waals surface area contributed by atoms with E-state index in [1.165, 1.54) is 0 Å². The van der Waals surface area contributed by atoms with Gasteiger partial charge in [0.25, 0.3) is 5.91 Å². The normalized spacial score (nSPS) is 19.5. The minimum atomic E-state index is -0.0139. The number of carbonyl (C=O) groups is 1. The molecule has 1 fully saturated rings. The Morgan fingerprint density at radius 1 is 1.21 bits per heavy atom. The van der Waals surface area contributed by atoms with Crippen LogP contribution in [0.25, 0.3) is 0 Å². The van der Waals surface area contributed by atoms with Crippen molar-refractivity contribution in [1.29, 1.82) is 0 Å². The predicted molar refractivity (Wildman–Crippen MR) is 97.3 cm³/mol. The summed E-state index contributed by atoms with van der Waals surface area (Å²) in [5.41, 5.74) is 1.92. The van der Waals surface area contributed by atoms with Gasteiger partial charge in [-0.25, -0.2) is 0 Å². The summed E-state index contributed by atoms with van der Waals surface area (Å²) in [7, 11) is 0. The van der Waals surface area contributed by atoms with Gasteiger partial charge in [0.1, 0.15) is 12.4 Å². The minimum Gasteiger partial charge on any atom is -0.489 e. The predicted octanol–water partition coefficient (Wildman–Crippen LogP) is 2.65. The Morgan fingerprint density at radius 2 is 1.75 bits per heavy atom. The molecule has 0 aromatic heterocycles. The van der Waals surface area contributed by atoms with Crippen molar-refractivity contribution in [3.8, 4) is 5.75 Å². The zero-order valence-corrected chi connectivity index (χ0v) is 15.6. The lowest BCUT2D eigenvalue weighted by atomic mass is 9.79. The fraction of sp³-hybridized carbons (Fsp3) is 0.550. The molecule has 2 rings (SSSR count). The number of amides is 1. The zero-order valence-electron chi connectivity index (χ0n) is 15.6. The van der Waals surface area contributed by atoms with Gasteiger partial charge < -0.3 is 15.4 Å². The molecule has 1 aliphatic rings. The SMILES string of the molecule is C=C(C)COc1ccc(C(=O)NC2CC(C)(C)[NH2+]C(C)(C)C2)cc1. The molecule has 132 valence electrons. The van der Waals surface area contributed by atoms with Crippen molar-refractivity contribution in [2.75, 3.05) is 6.61 Å². The minimum absolute atomic E-state index is 0.0139. The molecule has 1 aromatic rings. The fourth-order valence-electron chi connectivity index (χ4n) is 3.80. The summed E-state index contributed by atoms with van der Waals surface area (Å²) >= 11 is 0. The van der Waals surface area contributed by atoms with Gasteiger partial charge in [-0.3, -0.25) is 4.79 Å². The summed E-state index contributed by atoms with van der Waals surface area (Å²) in [6, 6.07) is 7.50. The van der Waals surface area contributed by atoms with Crippen LogP contribution in [0, 0.1) is 0 Å². The molecular weight excluding hydrogens is 300 g/mol. The van der Waals surface area contributed by atoms with Crippen LogP contribution < -0.4 is 15.4 Å². The number of benzene rings is 1. The average molecular weight is 331 g/mol. The molecule has 4 heteroatoms. The number of carbonyl (C=O) groups excluding carboxylic acids is 1. The topological polar surface area (TPSA) is 54.9 Å². The lowest BCUT2D eigenvalue weighted by Crippen LogP contribution is -3.06. The van der Waals surface area contributed by atoms with E-state index in [1.54, 1.807) is 0 Å². The number of rotatable bonds is 5. The van der Waals surface area contributed by atoms with Crippen LogP contribution in [-0.4, -0.2) is 29.6 Å². The lowest BCUT2D eigenvalue weighted by molar-refractivity contribution is -0.787. The molecule has 0 atom stereocenters. The van der Waals surface area contributed by atoms with Gasteiger partial charge in [-0.2, -0.15) is 0 Å². The van der Waals surface area contributed by atoms with E-state index in [1.807, 2.05) is 31.2 Å². The smallest absolute Gasteiger partial charge is 0.251 e. The number of hydrogen-bond donors (Lipinski definition) is 2. The molecule has 3 N–H and O–H groups in total. The van der Waals surface area contributed by atoms with E-state index in [2.05, 4.69) is 44.9 Å². The first kappa shape index (κ1) is 18.5. The Bertz CT molecular complexity index is 587. The quantitative estimate of drug-likeness (QED) is 0.815. The summed E-state index contributed by atoms with van der Waals surface area (Å²) in [5.74, 6) is 0.740. The molecular formula is C20H31N2O2+. The van der Waals surface area contributed by atoms with Crippen LogP contribution in [0.2, 0.25) is 0 Å². The van der Waals surface area contributed by atoms with E-state index < -0.39 is 0 Å². The highest BCUT2D eigenvalue weighted by atomic mass is 16.5. The highest BCUT2D eigenvalue weighted by Gasteiger charge is 2.42. The number of nitrogens with one attached hydrogen (secondary N) is 1. The largest absolute Gasteiger partial charge is 0.489 e. The van der Waals surface area contributed by atoms with E-state index in [9.17, 15) is 4.79 Å². The molecule has 24 heavy (non-hydrogen) atoms. The maximum Gasteiger partial charge on any atom is 0.251 e. The van der Waals surface area contributed by atoms with Crippen molar-refractivity contribution in [3.63, 3.8) is 0 Å². The summed E-state index contributed by atoms with van der Waals surface area (Å²) in [6.07, 6.45) is 1.95. The van der Waals surface area contributed by atoms with E-state index >= 15 is 0 Å². The Morgan fingerprint density at radius 3 is 2.25 bits per heavy atom. The van der Waals surface area contributed by atoms with Gasteiger partial charge in [0.2, 0.25) is 0 Å². The fourth-order valence-corrected chi connectivity index (χ4v) is 3.80. The van der Waals surface area contributed by atoms with Crippen LogP contribution in [0.15, 0.2) is 36.4 Å². The first-order valence-corrected chi connectivity index (χ1v) is 8.62. The highest BCUT2D eigenvalue weighted by Crippen LogP contribution is 2.22. The summed E-state index contributed by atoms with van der Waals surface area (Å²) in [4.78, 5) is 12.5. The van der Waals surface area contributed by atoms with Crippen LogP contribution in [0.4, 0.5) is 0 Å². The summed E-state index contributed by atoms with van der Waals surface area (Å²) in [6.45, 7) is 15.2. The molecule has 4 nitrogen and oxygen atoms in total. The van der Waals surface area contributed by atoms with Crippen molar-refractivity contribution >= 4 is 5.91 Å². The van der Waals surface area contributed by atoms with Crippen molar-refractivity contribution < 1.29 is 14.8 Å². The molecule has 0 radical (unpaired) electrons. The van der Waals surface area contributed by atoms with Crippen molar-refractivity contribution in [2.24, 2.45) is 0 Å². The lowest BCUT2D eigenvalue weighted by Gasteiger charge is -2.43. The van der Waals surface area contributed by atoms with Gasteiger partial charge >= 0.3 is 0 Å². The molecule has 0 saturated carbocycles. The van der Waals surface area contributed by atoms with Gasteiger partial charge in [-0.05, 0) is 64.5 Å². The van der Waals surface area contributed by atoms with Crippen LogP contribution in [0.5, 0.6) is 5.75 Å². The van der Waals surface area contributed by atoms with Crippen molar-refractivity contribution in [3.05, 3.63) is 42.0 Å². The standard InChI is InChI=1S/C20H30N2O2/c1-14(2)13-24-17-9-7-15(8-10-17)18(23)21-16-11-19(3,4)22-20(5,6)12-16/h7-10,16,22H,1,11-13H2,2-6H3,(H,21,23)/p+1. The van der Waals surface area contributed by atoms with Gasteiger partial charge in [-0.15, -0.1) is 0 Å². The van der Waals surface area contributed by atoms with E-state index in [-0.39, 0.29) is 23.0 Å². The third-order valence-electron chi connectivity index (χ3n) is 4.26. The van der Waals surface area contributed by atoms with Gasteiger partial charge in [-0.1, -0.05) is 6.58 Å². The Balaban J connectivity index is 1.98. The average Bonchev–Trinajstić information content (AvgIpc) is 2.42. The molecule has 1 saturated heterocycles. The zero-order chi connectivity index (χ0) is 18.0. The number of quaternary nitrogens is 1. The van der Waals surface area contributed by atoms with Crippen LogP contribution in [-0.2, 0) is 0 Å². The molecule has 1 aromatic carbocycles. The molecule has 0 spiro atoms. The molecule has 1 heterocycles. The summed E-state index contributed by atoms with van der Waals surface area (Å²) in [5, 5.41) is 5.62. The monoisotopic (exact) mass is 331 g/mol. The number of ether oxygens (including phenoxy) is 1.